The Morgan fingerprint density at radius 2 is 1.11 bits per heavy atom. The number of esters is 1. The van der Waals surface area contributed by atoms with Crippen molar-refractivity contribution >= 4 is 5.97 Å². The van der Waals surface area contributed by atoms with E-state index >= 15 is 0 Å². The van der Waals surface area contributed by atoms with Gasteiger partial charge in [-0.25, -0.2) is 4.79 Å². The molecule has 0 aromatic rings. The molecule has 0 aliphatic carbocycles. The minimum absolute atomic E-state index is 0.0160. The average molecular weight is 1550 g/mol. The maximum atomic E-state index is 13.6. The maximum absolute atomic E-state index is 13.6. The van der Waals surface area contributed by atoms with Crippen LogP contribution in [0.5, 0.6) is 0 Å². The van der Waals surface area contributed by atoms with Gasteiger partial charge in [-0.3, -0.25) is 0 Å². The van der Waals surface area contributed by atoms with E-state index in [4.69, 9.17) is 56.8 Å². The van der Waals surface area contributed by atoms with Crippen LogP contribution in [0.3, 0.4) is 0 Å². The topological polar surface area (TPSA) is 492 Å². The molecular formula is C77H132O31. The number of fused-ring (bicyclic) bond motifs is 2. The summed E-state index contributed by atoms with van der Waals surface area (Å²) in [6.07, 6.45) is -28.8. The van der Waals surface area contributed by atoms with Crippen LogP contribution < -0.4 is 0 Å². The highest BCUT2D eigenvalue weighted by molar-refractivity contribution is 5.82. The Morgan fingerprint density at radius 1 is 0.491 bits per heavy atom. The van der Waals surface area contributed by atoms with Crippen LogP contribution in [0.1, 0.15) is 179 Å². The highest BCUT2D eigenvalue weighted by atomic mass is 16.8. The molecule has 7 heterocycles. The highest BCUT2D eigenvalue weighted by Gasteiger charge is 2.56. The van der Waals surface area contributed by atoms with Gasteiger partial charge in [0.1, 0.15) is 54.9 Å². The van der Waals surface area contributed by atoms with E-state index in [2.05, 4.69) is 0 Å². The number of hydrogen-bond acceptors (Lipinski definition) is 31. The third-order valence-corrected chi connectivity index (χ3v) is 23.6. The summed E-state index contributed by atoms with van der Waals surface area (Å²) in [5.74, 6) is -8.26. The molecule has 0 spiro atoms. The molecule has 6 saturated heterocycles. The molecule has 18 N–H and O–H groups in total. The Bertz CT molecular complexity index is 2740. The molecule has 0 saturated carbocycles. The molecule has 7 aliphatic heterocycles. The summed E-state index contributed by atoms with van der Waals surface area (Å²) in [6.45, 7) is 20.0. The first kappa shape index (κ1) is 92.4. The predicted octanol–water partition coefficient (Wildman–Crippen LogP) is 0.697. The summed E-state index contributed by atoms with van der Waals surface area (Å²) in [5.41, 5.74) is 0. The summed E-state index contributed by atoms with van der Waals surface area (Å²) >= 11 is 0. The number of cyclic esters (lactones) is 1. The van der Waals surface area contributed by atoms with E-state index in [1.165, 1.54) is 65.0 Å². The molecule has 0 radical (unpaired) electrons. The van der Waals surface area contributed by atoms with Crippen LogP contribution >= 0.6 is 0 Å². The molecule has 0 unspecified atom stereocenters. The number of aliphatic hydroxyl groups excluding tert-OH is 17. The number of ether oxygens (including phenoxy) is 12. The molecule has 108 heavy (non-hydrogen) atoms. The second-order valence-corrected chi connectivity index (χ2v) is 31.9. The van der Waals surface area contributed by atoms with E-state index in [0.29, 0.717) is 32.1 Å². The van der Waals surface area contributed by atoms with Crippen LogP contribution in [0.2, 0.25) is 0 Å². The van der Waals surface area contributed by atoms with Crippen molar-refractivity contribution in [3.05, 3.63) is 48.6 Å². The highest BCUT2D eigenvalue weighted by Crippen LogP contribution is 2.42. The van der Waals surface area contributed by atoms with Crippen molar-refractivity contribution in [1.82, 2.24) is 0 Å². The Labute approximate surface area is 634 Å². The molecule has 626 valence electrons. The van der Waals surface area contributed by atoms with Gasteiger partial charge in [0.2, 0.25) is 0 Å². The minimum atomic E-state index is -2.71. The summed E-state index contributed by atoms with van der Waals surface area (Å²) < 4.78 is 74.8. The van der Waals surface area contributed by atoms with Gasteiger partial charge in [0, 0.05) is 80.6 Å². The molecular weight excluding hydrogens is 1420 g/mol. The van der Waals surface area contributed by atoms with E-state index in [1.54, 1.807) is 32.9 Å². The normalized spacial score (nSPS) is 46.4. The zero-order valence-corrected chi connectivity index (χ0v) is 64.7. The van der Waals surface area contributed by atoms with Crippen molar-refractivity contribution in [2.45, 2.75) is 394 Å². The number of aliphatic hydroxyl groups is 18. The molecule has 41 atom stereocenters. The maximum Gasteiger partial charge on any atom is 0.331 e. The Balaban J connectivity index is 1.09. The lowest BCUT2D eigenvalue weighted by Gasteiger charge is -2.50. The molecule has 2 bridgehead atoms. The fourth-order valence-electron chi connectivity index (χ4n) is 15.6. The lowest BCUT2D eigenvalue weighted by atomic mass is 9.79. The first-order chi connectivity index (χ1) is 50.8. The molecule has 31 nitrogen and oxygen atoms in total. The van der Waals surface area contributed by atoms with Crippen LogP contribution in [0.4, 0.5) is 0 Å². The van der Waals surface area contributed by atoms with Crippen LogP contribution in [0.15, 0.2) is 48.6 Å². The van der Waals surface area contributed by atoms with Crippen molar-refractivity contribution in [1.29, 1.82) is 0 Å². The largest absolute Gasteiger partial charge is 0.458 e. The molecule has 7 aliphatic rings. The zero-order valence-electron chi connectivity index (χ0n) is 64.7. The predicted molar refractivity (Wildman–Crippen MR) is 384 cm³/mol. The Kier molecular flexibility index (Phi) is 36.6. The minimum Gasteiger partial charge on any atom is -0.458 e. The number of carbonyl (C=O) groups is 1. The SMILES string of the molecule is CC[C@@H](O[C@H]1CC[C@H](O[C@H]2CC[C@H](O)[C@@H](C)O2)[C@@H](C)O1)[C@@H](C)[C@@H](O)[C@H](C)[C@@H](O)[C@@H](C)[C@H]1CC=CC=C[C@H](O)C[C@@H](O)[C@H](C)[C@H](O)C[C@@H](O)[C@H](C)[C@H]2C[C@@H](O)[C@H](O)[C@@](O)(C[C@H](O[C@@H]3O[C@H](C)[C@@H](O)[C@H](O[C@H]4C[C@@H](O)[C@H](O)[C@@H](C)O4)[C@H]3O[C@@H]3O[C@H](C)[C@@H](O)[C@H](O)[C@H]3O)[C@@H](C)CCC[C@@H](O)[C@@H](O)CC=CC=CC(=O)O1)O2. The van der Waals surface area contributed by atoms with E-state index in [9.17, 15) is 96.7 Å². The van der Waals surface area contributed by atoms with E-state index < -0.39 is 244 Å². The van der Waals surface area contributed by atoms with Gasteiger partial charge < -0.3 is 149 Å². The van der Waals surface area contributed by atoms with Gasteiger partial charge in [0.15, 0.2) is 37.2 Å². The van der Waals surface area contributed by atoms with Gasteiger partial charge in [-0.15, -0.1) is 0 Å². The molecule has 6 fully saturated rings. The third-order valence-electron chi connectivity index (χ3n) is 23.6. The van der Waals surface area contributed by atoms with Gasteiger partial charge in [-0.1, -0.05) is 97.4 Å². The van der Waals surface area contributed by atoms with Crippen molar-refractivity contribution in [3.63, 3.8) is 0 Å². The van der Waals surface area contributed by atoms with Crippen molar-refractivity contribution in [2.24, 2.45) is 35.5 Å². The summed E-state index contributed by atoms with van der Waals surface area (Å²) in [6, 6.07) is 0. The quantitative estimate of drug-likeness (QED) is 0.0891. The van der Waals surface area contributed by atoms with Gasteiger partial charge >= 0.3 is 5.97 Å². The summed E-state index contributed by atoms with van der Waals surface area (Å²) in [4.78, 5) is 13.6. The fraction of sp³-hybridized carbons (Fsp3) is 0.883. The van der Waals surface area contributed by atoms with Crippen LogP contribution in [0, 0.1) is 35.5 Å². The van der Waals surface area contributed by atoms with Gasteiger partial charge in [0.25, 0.3) is 0 Å². The monoisotopic (exact) mass is 1550 g/mol. The number of allylic oxidation sites excluding steroid dienone is 4. The Morgan fingerprint density at radius 3 is 1.79 bits per heavy atom. The molecule has 7 rings (SSSR count). The smallest absolute Gasteiger partial charge is 0.331 e. The fourth-order valence-corrected chi connectivity index (χ4v) is 15.6. The zero-order chi connectivity index (χ0) is 79.9. The van der Waals surface area contributed by atoms with Crippen LogP contribution in [-0.4, -0.2) is 312 Å². The Hall–Kier alpha value is -2.73. The standard InChI is InChI=1S/C77H132O31/c1-13-56(103-63-30-28-58(43(9)98-63)104-62-29-27-48(79)42(8)97-62)39(5)65(88)41(7)66(89)40(6)57-25-18-14-16-22-47(78)31-51(82)37(3)52(83)32-53(84)38(4)59-33-55(86)74(95)77(96,108-59)35-60(36(2)21-20-24-50(81)49(80)23-17-15-19-26-61(87)102-57)105-76-73(107-75-71(94)70(93)68(91)45(11)100-75)72(69(92)46(12)101-76)106-64-34-54(85)67(90)44(10)99-64/h14-19,22,26,36-60,62-76,78-86,88-96H,13,20-21,23-25,27-35H2,1-12H3/t36-,37-,38-,39+,40-,41-,42+,43+,44+,45+,46+,47-,48-,49-,50+,51+,52+,53+,54+,55+,56+,57+,58-,59+,60-,62-,63-,64-,65+,66-,67+,68+,69+,70-,71+,72-,73+,74-,75-,76-,77+/m0/s1. The molecule has 31 heteroatoms. The van der Waals surface area contributed by atoms with Crippen molar-refractivity contribution in [2.75, 3.05) is 0 Å². The van der Waals surface area contributed by atoms with E-state index in [0.717, 1.165) is 6.08 Å². The lowest BCUT2D eigenvalue weighted by molar-refractivity contribution is -0.390. The van der Waals surface area contributed by atoms with Crippen molar-refractivity contribution in [3.8, 4) is 0 Å². The van der Waals surface area contributed by atoms with Gasteiger partial charge in [-0.2, -0.15) is 0 Å². The van der Waals surface area contributed by atoms with E-state index in [1.807, 2.05) is 27.7 Å². The third kappa shape index (κ3) is 25.1. The first-order valence-electron chi connectivity index (χ1n) is 39.2. The van der Waals surface area contributed by atoms with Gasteiger partial charge in [0.05, 0.1) is 122 Å². The summed E-state index contributed by atoms with van der Waals surface area (Å²) in [5, 5.41) is 204. The lowest BCUT2D eigenvalue weighted by Crippen LogP contribution is -2.65. The van der Waals surface area contributed by atoms with Crippen LogP contribution in [0.25, 0.3) is 0 Å². The molecule has 0 aromatic heterocycles. The van der Waals surface area contributed by atoms with Gasteiger partial charge in [-0.05, 0) is 85.5 Å². The molecule has 0 aromatic carbocycles. The van der Waals surface area contributed by atoms with Crippen molar-refractivity contribution < 1.29 is 154 Å². The number of carbonyl (C=O) groups excluding carboxylic acids is 1. The molecule has 0 amide bonds. The second kappa shape index (κ2) is 42.8. The second-order valence-electron chi connectivity index (χ2n) is 31.9. The first-order valence-corrected chi connectivity index (χ1v) is 39.2. The number of hydrogen-bond donors (Lipinski definition) is 18. The van der Waals surface area contributed by atoms with Crippen LogP contribution in [-0.2, 0) is 61.6 Å². The van der Waals surface area contributed by atoms with E-state index in [-0.39, 0.29) is 76.1 Å². The summed E-state index contributed by atoms with van der Waals surface area (Å²) in [7, 11) is 0. The average Bonchev–Trinajstić information content (AvgIpc) is 0.772. The number of rotatable bonds is 17.